The molecule has 0 aliphatic rings. The highest BCUT2D eigenvalue weighted by Gasteiger charge is 2.08. The average molecular weight is 287 g/mol. The maximum Gasteiger partial charge on any atom is 0.269 e. The summed E-state index contributed by atoms with van der Waals surface area (Å²) >= 11 is 0. The Morgan fingerprint density at radius 1 is 1.24 bits per heavy atom. The number of nitro groups is 1. The van der Waals surface area contributed by atoms with E-state index in [1.807, 2.05) is 6.07 Å². The van der Waals surface area contributed by atoms with Gasteiger partial charge in [-0.1, -0.05) is 29.4 Å². The minimum absolute atomic E-state index is 0.000548. The Balaban J connectivity index is 2.11. The fourth-order valence-corrected chi connectivity index (χ4v) is 1.78. The molecule has 0 saturated heterocycles. The van der Waals surface area contributed by atoms with Crippen molar-refractivity contribution in [1.29, 1.82) is 0 Å². The number of nitrogens with two attached hydrogens (primary N) is 1. The molecule has 0 saturated carbocycles. The highest BCUT2D eigenvalue weighted by molar-refractivity contribution is 5.98. The molecule has 0 atom stereocenters. The number of nitro benzene ring substituents is 1. The molecule has 0 aliphatic heterocycles. The monoisotopic (exact) mass is 287 g/mol. The first-order chi connectivity index (χ1) is 10.1. The zero-order valence-corrected chi connectivity index (χ0v) is 11.0. The third-order valence-corrected chi connectivity index (χ3v) is 2.84. The molecular weight excluding hydrogens is 274 g/mol. The molecule has 0 bridgehead atoms. The third-order valence-electron chi connectivity index (χ3n) is 2.84. The second kappa shape index (κ2) is 6.38. The van der Waals surface area contributed by atoms with Crippen LogP contribution in [0.25, 0.3) is 0 Å². The zero-order chi connectivity index (χ0) is 15.2. The summed E-state index contributed by atoms with van der Waals surface area (Å²) in [5, 5.41) is 22.3. The van der Waals surface area contributed by atoms with Crippen LogP contribution in [0.3, 0.4) is 0 Å². The number of rotatable bonds is 5. The standard InChI is InChI=1S/C14H13N3O4/c15-14(16-18)13-4-2-1-3-10(13)9-21-12-7-5-11(6-8-12)17(19)20/h1-8,18H,9H2,(H2,15,16). The van der Waals surface area contributed by atoms with Crippen LogP contribution in [0.2, 0.25) is 0 Å². The number of oxime groups is 1. The van der Waals surface area contributed by atoms with Crippen LogP contribution < -0.4 is 10.5 Å². The van der Waals surface area contributed by atoms with E-state index in [-0.39, 0.29) is 18.1 Å². The predicted molar refractivity (Wildman–Crippen MR) is 76.4 cm³/mol. The number of ether oxygens (including phenoxy) is 1. The molecule has 0 aromatic heterocycles. The number of amidine groups is 1. The molecule has 3 N–H and O–H groups in total. The summed E-state index contributed by atoms with van der Waals surface area (Å²) in [5.41, 5.74) is 6.90. The van der Waals surface area contributed by atoms with Crippen LogP contribution in [-0.4, -0.2) is 16.0 Å². The summed E-state index contributed by atoms with van der Waals surface area (Å²) in [4.78, 5) is 10.1. The highest BCUT2D eigenvalue weighted by atomic mass is 16.6. The predicted octanol–water partition coefficient (Wildman–Crippen LogP) is 2.27. The van der Waals surface area contributed by atoms with E-state index >= 15 is 0 Å². The molecule has 0 heterocycles. The normalized spacial score (nSPS) is 11.1. The molecule has 0 radical (unpaired) electrons. The second-order valence-corrected chi connectivity index (χ2v) is 4.18. The van der Waals surface area contributed by atoms with E-state index in [1.165, 1.54) is 24.3 Å². The molecule has 0 fully saturated rings. The summed E-state index contributed by atoms with van der Waals surface area (Å²) in [6.45, 7) is 0.199. The van der Waals surface area contributed by atoms with Gasteiger partial charge in [0.05, 0.1) is 4.92 Å². The van der Waals surface area contributed by atoms with Crippen molar-refractivity contribution in [2.75, 3.05) is 0 Å². The number of hydrogen-bond donors (Lipinski definition) is 2. The Morgan fingerprint density at radius 3 is 2.52 bits per heavy atom. The molecule has 21 heavy (non-hydrogen) atoms. The lowest BCUT2D eigenvalue weighted by Crippen LogP contribution is -2.16. The minimum Gasteiger partial charge on any atom is -0.489 e. The lowest BCUT2D eigenvalue weighted by Gasteiger charge is -2.10. The van der Waals surface area contributed by atoms with E-state index in [4.69, 9.17) is 15.7 Å². The van der Waals surface area contributed by atoms with Crippen LogP contribution in [0.5, 0.6) is 5.75 Å². The Hall–Kier alpha value is -3.09. The van der Waals surface area contributed by atoms with Crippen molar-refractivity contribution in [2.45, 2.75) is 6.61 Å². The van der Waals surface area contributed by atoms with Gasteiger partial charge in [-0.3, -0.25) is 10.1 Å². The van der Waals surface area contributed by atoms with Crippen molar-refractivity contribution < 1.29 is 14.9 Å². The first kappa shape index (κ1) is 14.3. The van der Waals surface area contributed by atoms with E-state index in [0.717, 1.165) is 5.56 Å². The summed E-state index contributed by atoms with van der Waals surface area (Å²) in [6, 6.07) is 12.8. The van der Waals surface area contributed by atoms with Gasteiger partial charge in [-0.05, 0) is 12.1 Å². The van der Waals surface area contributed by atoms with Crippen molar-refractivity contribution in [3.05, 3.63) is 69.8 Å². The molecule has 0 amide bonds. The zero-order valence-electron chi connectivity index (χ0n) is 11.0. The van der Waals surface area contributed by atoms with Gasteiger partial charge in [0.15, 0.2) is 5.84 Å². The molecule has 0 aliphatic carbocycles. The van der Waals surface area contributed by atoms with Crippen LogP contribution in [0.1, 0.15) is 11.1 Å². The van der Waals surface area contributed by atoms with Crippen molar-refractivity contribution >= 4 is 11.5 Å². The highest BCUT2D eigenvalue weighted by Crippen LogP contribution is 2.19. The second-order valence-electron chi connectivity index (χ2n) is 4.18. The van der Waals surface area contributed by atoms with E-state index < -0.39 is 4.92 Å². The van der Waals surface area contributed by atoms with Crippen molar-refractivity contribution in [3.8, 4) is 5.75 Å². The van der Waals surface area contributed by atoms with Gasteiger partial charge in [0.25, 0.3) is 5.69 Å². The topological polar surface area (TPSA) is 111 Å². The largest absolute Gasteiger partial charge is 0.489 e. The lowest BCUT2D eigenvalue weighted by molar-refractivity contribution is -0.384. The Bertz CT molecular complexity index is 668. The summed E-state index contributed by atoms with van der Waals surface area (Å²) in [6.07, 6.45) is 0. The molecule has 0 unspecified atom stereocenters. The Labute approximate surface area is 120 Å². The number of non-ortho nitro benzene ring substituents is 1. The van der Waals surface area contributed by atoms with Gasteiger partial charge < -0.3 is 15.7 Å². The van der Waals surface area contributed by atoms with E-state index in [2.05, 4.69) is 5.16 Å². The molecule has 108 valence electrons. The van der Waals surface area contributed by atoms with Crippen LogP contribution in [0.4, 0.5) is 5.69 Å². The molecule has 7 heteroatoms. The van der Waals surface area contributed by atoms with Gasteiger partial charge in [0.2, 0.25) is 0 Å². The maximum absolute atomic E-state index is 10.6. The van der Waals surface area contributed by atoms with Gasteiger partial charge in [-0.25, -0.2) is 0 Å². The SMILES string of the molecule is N/C(=N\O)c1ccccc1COc1ccc([N+](=O)[O-])cc1. The minimum atomic E-state index is -0.475. The maximum atomic E-state index is 10.6. The smallest absolute Gasteiger partial charge is 0.269 e. The van der Waals surface area contributed by atoms with Crippen molar-refractivity contribution in [2.24, 2.45) is 10.9 Å². The van der Waals surface area contributed by atoms with E-state index in [0.29, 0.717) is 11.3 Å². The number of nitrogens with zero attached hydrogens (tertiary/aromatic N) is 2. The fourth-order valence-electron chi connectivity index (χ4n) is 1.78. The fraction of sp³-hybridized carbons (Fsp3) is 0.0714. The lowest BCUT2D eigenvalue weighted by atomic mass is 10.1. The summed E-state index contributed by atoms with van der Waals surface area (Å²) in [7, 11) is 0. The van der Waals surface area contributed by atoms with Gasteiger partial charge in [0, 0.05) is 23.3 Å². The molecule has 2 aromatic rings. The molecule has 2 rings (SSSR count). The van der Waals surface area contributed by atoms with Crippen LogP contribution in [0.15, 0.2) is 53.7 Å². The molecule has 0 spiro atoms. The Morgan fingerprint density at radius 2 is 1.90 bits per heavy atom. The summed E-state index contributed by atoms with van der Waals surface area (Å²) < 4.78 is 5.55. The van der Waals surface area contributed by atoms with Gasteiger partial charge >= 0.3 is 0 Å². The molecule has 2 aromatic carbocycles. The number of benzene rings is 2. The first-order valence-corrected chi connectivity index (χ1v) is 6.05. The molecular formula is C14H13N3O4. The quantitative estimate of drug-likeness (QED) is 0.288. The average Bonchev–Trinajstić information content (AvgIpc) is 2.52. The Kier molecular flexibility index (Phi) is 4.35. The van der Waals surface area contributed by atoms with E-state index in [1.54, 1.807) is 18.2 Å². The van der Waals surface area contributed by atoms with Crippen LogP contribution in [-0.2, 0) is 6.61 Å². The van der Waals surface area contributed by atoms with Crippen molar-refractivity contribution in [1.82, 2.24) is 0 Å². The van der Waals surface area contributed by atoms with E-state index in [9.17, 15) is 10.1 Å². The first-order valence-electron chi connectivity index (χ1n) is 6.05. The van der Waals surface area contributed by atoms with Crippen LogP contribution >= 0.6 is 0 Å². The van der Waals surface area contributed by atoms with Gasteiger partial charge in [-0.2, -0.15) is 0 Å². The third kappa shape index (κ3) is 3.47. The van der Waals surface area contributed by atoms with Gasteiger partial charge in [0.1, 0.15) is 12.4 Å². The number of hydrogen-bond acceptors (Lipinski definition) is 5. The van der Waals surface area contributed by atoms with Crippen LogP contribution in [0, 0.1) is 10.1 Å². The van der Waals surface area contributed by atoms with Gasteiger partial charge in [-0.15, -0.1) is 0 Å². The summed E-state index contributed by atoms with van der Waals surface area (Å²) in [5.74, 6) is 0.493. The molecule has 7 nitrogen and oxygen atoms in total. The van der Waals surface area contributed by atoms with Crippen molar-refractivity contribution in [3.63, 3.8) is 0 Å².